The van der Waals surface area contributed by atoms with Crippen molar-refractivity contribution in [2.45, 2.75) is 0 Å². The number of rotatable bonds is 5. The fourth-order valence-corrected chi connectivity index (χ4v) is 1.63. The van der Waals surface area contributed by atoms with Gasteiger partial charge in [0.05, 0.1) is 12.2 Å². The van der Waals surface area contributed by atoms with Crippen molar-refractivity contribution in [1.82, 2.24) is 0 Å². The Hall–Kier alpha value is -2.76. The maximum atomic E-state index is 13.3. The van der Waals surface area contributed by atoms with Crippen LogP contribution in [0.25, 0.3) is 0 Å². The fraction of sp³-hybridized carbons (Fsp3) is 0.0667. The SMILES string of the molecule is O=C(CNc1ccccc1F)C(=O)Nc1cccc(F)c1. The molecule has 0 saturated carbocycles. The highest BCUT2D eigenvalue weighted by atomic mass is 19.1. The molecule has 0 aliphatic rings. The molecule has 0 radical (unpaired) electrons. The van der Waals surface area contributed by atoms with Gasteiger partial charge in [-0.1, -0.05) is 18.2 Å². The third-order valence-electron chi connectivity index (χ3n) is 2.65. The summed E-state index contributed by atoms with van der Waals surface area (Å²) in [5, 5.41) is 4.80. The van der Waals surface area contributed by atoms with Crippen molar-refractivity contribution in [2.75, 3.05) is 17.2 Å². The molecule has 0 bridgehead atoms. The maximum Gasteiger partial charge on any atom is 0.293 e. The zero-order valence-electron chi connectivity index (χ0n) is 10.9. The van der Waals surface area contributed by atoms with E-state index in [1.165, 1.54) is 36.4 Å². The Morgan fingerprint density at radius 2 is 1.76 bits per heavy atom. The fourth-order valence-electron chi connectivity index (χ4n) is 1.63. The van der Waals surface area contributed by atoms with Crippen molar-refractivity contribution >= 4 is 23.1 Å². The average molecular weight is 290 g/mol. The van der Waals surface area contributed by atoms with Gasteiger partial charge in [0, 0.05) is 5.69 Å². The highest BCUT2D eigenvalue weighted by Crippen LogP contribution is 2.12. The number of para-hydroxylation sites is 1. The van der Waals surface area contributed by atoms with Crippen LogP contribution in [0.5, 0.6) is 0 Å². The van der Waals surface area contributed by atoms with Crippen molar-refractivity contribution in [1.29, 1.82) is 0 Å². The molecule has 0 aliphatic heterocycles. The number of carbonyl (C=O) groups is 2. The third-order valence-corrected chi connectivity index (χ3v) is 2.65. The highest BCUT2D eigenvalue weighted by molar-refractivity contribution is 6.41. The summed E-state index contributed by atoms with van der Waals surface area (Å²) in [6.45, 7) is -0.359. The molecule has 2 aromatic carbocycles. The van der Waals surface area contributed by atoms with E-state index in [4.69, 9.17) is 0 Å². The summed E-state index contributed by atoms with van der Waals surface area (Å²) in [7, 11) is 0. The molecule has 2 aromatic rings. The Labute approximate surface area is 119 Å². The third kappa shape index (κ3) is 4.10. The normalized spacial score (nSPS) is 10.0. The van der Waals surface area contributed by atoms with Crippen LogP contribution in [0.1, 0.15) is 0 Å². The number of hydrogen-bond donors (Lipinski definition) is 2. The monoisotopic (exact) mass is 290 g/mol. The van der Waals surface area contributed by atoms with E-state index in [1.807, 2.05) is 0 Å². The minimum Gasteiger partial charge on any atom is -0.375 e. The molecule has 4 nitrogen and oxygen atoms in total. The van der Waals surface area contributed by atoms with Crippen LogP contribution in [-0.4, -0.2) is 18.2 Å². The maximum absolute atomic E-state index is 13.3. The Kier molecular flexibility index (Phi) is 4.61. The zero-order chi connectivity index (χ0) is 15.2. The summed E-state index contributed by atoms with van der Waals surface area (Å²) in [6.07, 6.45) is 0. The topological polar surface area (TPSA) is 58.2 Å². The van der Waals surface area contributed by atoms with Gasteiger partial charge in [-0.25, -0.2) is 8.78 Å². The molecule has 0 unspecified atom stereocenters. The number of halogens is 2. The van der Waals surface area contributed by atoms with E-state index >= 15 is 0 Å². The molecule has 0 atom stereocenters. The summed E-state index contributed by atoms with van der Waals surface area (Å²) in [5.74, 6) is -2.73. The van der Waals surface area contributed by atoms with Crippen molar-refractivity contribution in [2.24, 2.45) is 0 Å². The molecule has 0 saturated heterocycles. The Morgan fingerprint density at radius 3 is 2.48 bits per heavy atom. The van der Waals surface area contributed by atoms with Crippen molar-refractivity contribution in [3.8, 4) is 0 Å². The zero-order valence-corrected chi connectivity index (χ0v) is 10.9. The van der Waals surface area contributed by atoms with Gasteiger partial charge < -0.3 is 10.6 Å². The van der Waals surface area contributed by atoms with E-state index in [1.54, 1.807) is 6.07 Å². The van der Waals surface area contributed by atoms with E-state index in [-0.39, 0.29) is 17.9 Å². The second-order valence-electron chi connectivity index (χ2n) is 4.22. The minimum absolute atomic E-state index is 0.129. The highest BCUT2D eigenvalue weighted by Gasteiger charge is 2.14. The van der Waals surface area contributed by atoms with Gasteiger partial charge in [0.1, 0.15) is 11.6 Å². The molecule has 21 heavy (non-hydrogen) atoms. The molecule has 108 valence electrons. The molecule has 0 fully saturated rings. The lowest BCUT2D eigenvalue weighted by atomic mass is 10.2. The molecule has 2 rings (SSSR count). The molecule has 1 amide bonds. The summed E-state index contributed by atoms with van der Waals surface area (Å²) in [5.41, 5.74) is 0.309. The summed E-state index contributed by atoms with van der Waals surface area (Å²) < 4.78 is 26.3. The number of carbonyl (C=O) groups excluding carboxylic acids is 2. The Bertz CT molecular complexity index is 674. The summed E-state index contributed by atoms with van der Waals surface area (Å²) >= 11 is 0. The predicted molar refractivity (Wildman–Crippen MR) is 74.9 cm³/mol. The average Bonchev–Trinajstić information content (AvgIpc) is 2.46. The first-order valence-corrected chi connectivity index (χ1v) is 6.14. The van der Waals surface area contributed by atoms with Crippen LogP contribution < -0.4 is 10.6 Å². The van der Waals surface area contributed by atoms with E-state index in [9.17, 15) is 18.4 Å². The van der Waals surface area contributed by atoms with Gasteiger partial charge in [0.2, 0.25) is 5.78 Å². The van der Waals surface area contributed by atoms with Gasteiger partial charge in [0.25, 0.3) is 5.91 Å². The van der Waals surface area contributed by atoms with Crippen LogP contribution in [0.4, 0.5) is 20.2 Å². The van der Waals surface area contributed by atoms with Crippen molar-refractivity contribution in [3.63, 3.8) is 0 Å². The van der Waals surface area contributed by atoms with Crippen LogP contribution in [0, 0.1) is 11.6 Å². The number of hydrogen-bond acceptors (Lipinski definition) is 3. The molecule has 0 heterocycles. The lowest BCUT2D eigenvalue weighted by molar-refractivity contribution is -0.133. The van der Waals surface area contributed by atoms with Crippen LogP contribution in [0.3, 0.4) is 0 Å². The van der Waals surface area contributed by atoms with Gasteiger partial charge in [-0.15, -0.1) is 0 Å². The Morgan fingerprint density at radius 1 is 1.00 bits per heavy atom. The Balaban J connectivity index is 1.91. The lowest BCUT2D eigenvalue weighted by Gasteiger charge is -2.07. The molecule has 6 heteroatoms. The first-order chi connectivity index (χ1) is 10.1. The number of Topliss-reactive ketones (excluding diaryl/α,β-unsaturated/α-hetero) is 1. The van der Waals surface area contributed by atoms with Crippen LogP contribution in [-0.2, 0) is 9.59 Å². The first-order valence-electron chi connectivity index (χ1n) is 6.14. The van der Waals surface area contributed by atoms with Gasteiger partial charge >= 0.3 is 0 Å². The van der Waals surface area contributed by atoms with Crippen molar-refractivity contribution < 1.29 is 18.4 Å². The summed E-state index contributed by atoms with van der Waals surface area (Å²) in [4.78, 5) is 23.2. The molecule has 0 spiro atoms. The lowest BCUT2D eigenvalue weighted by Crippen LogP contribution is -2.29. The number of ketones is 1. The number of anilines is 2. The van der Waals surface area contributed by atoms with E-state index in [2.05, 4.69) is 10.6 Å². The standard InChI is InChI=1S/C15H12F2N2O2/c16-10-4-3-5-11(8-10)19-15(21)14(20)9-18-13-7-2-1-6-12(13)17/h1-8,18H,9H2,(H,19,21). The van der Waals surface area contributed by atoms with Gasteiger partial charge in [-0.3, -0.25) is 9.59 Å². The van der Waals surface area contributed by atoms with Crippen LogP contribution >= 0.6 is 0 Å². The van der Waals surface area contributed by atoms with Crippen LogP contribution in [0.15, 0.2) is 48.5 Å². The summed E-state index contributed by atoms with van der Waals surface area (Å²) in [6, 6.07) is 11.0. The van der Waals surface area contributed by atoms with Crippen molar-refractivity contribution in [3.05, 3.63) is 60.2 Å². The molecule has 0 aliphatic carbocycles. The smallest absolute Gasteiger partial charge is 0.293 e. The molecular formula is C15H12F2N2O2. The van der Waals surface area contributed by atoms with E-state index in [0.29, 0.717) is 0 Å². The quantitative estimate of drug-likeness (QED) is 0.832. The molecule has 0 aromatic heterocycles. The van der Waals surface area contributed by atoms with E-state index < -0.39 is 23.3 Å². The second-order valence-corrected chi connectivity index (χ2v) is 4.22. The van der Waals surface area contributed by atoms with Gasteiger partial charge in [-0.05, 0) is 30.3 Å². The van der Waals surface area contributed by atoms with E-state index in [0.717, 1.165) is 6.07 Å². The molecule has 2 N–H and O–H groups in total. The number of benzene rings is 2. The minimum atomic E-state index is -0.899. The predicted octanol–water partition coefficient (Wildman–Crippen LogP) is 2.58. The number of nitrogens with one attached hydrogen (secondary N) is 2. The van der Waals surface area contributed by atoms with Gasteiger partial charge in [0.15, 0.2) is 0 Å². The largest absolute Gasteiger partial charge is 0.375 e. The van der Waals surface area contributed by atoms with Crippen LogP contribution in [0.2, 0.25) is 0 Å². The second kappa shape index (κ2) is 6.60. The van der Waals surface area contributed by atoms with Gasteiger partial charge in [-0.2, -0.15) is 0 Å². The number of amides is 1. The first kappa shape index (κ1) is 14.6. The molecular weight excluding hydrogens is 278 g/mol.